The van der Waals surface area contributed by atoms with E-state index in [0.29, 0.717) is 0 Å². The van der Waals surface area contributed by atoms with E-state index in [-0.39, 0.29) is 0 Å². The second-order valence-corrected chi connectivity index (χ2v) is 4.65. The first-order valence-corrected chi connectivity index (χ1v) is 6.69. The Morgan fingerprint density at radius 2 is 2.06 bits per heavy atom. The molecule has 17 heavy (non-hydrogen) atoms. The van der Waals surface area contributed by atoms with E-state index in [4.69, 9.17) is 5.73 Å². The highest BCUT2D eigenvalue weighted by molar-refractivity contribution is 7.14. The van der Waals surface area contributed by atoms with Gasteiger partial charge >= 0.3 is 0 Å². The van der Waals surface area contributed by atoms with Gasteiger partial charge in [-0.05, 0) is 26.0 Å². The van der Waals surface area contributed by atoms with Crippen LogP contribution in [-0.4, -0.2) is 18.1 Å². The number of thiazole rings is 1. The van der Waals surface area contributed by atoms with Crippen LogP contribution in [0.5, 0.6) is 0 Å². The summed E-state index contributed by atoms with van der Waals surface area (Å²) in [6.07, 6.45) is 0. The molecule has 0 aliphatic heterocycles. The Bertz CT molecular complexity index is 489. The SMILES string of the molecule is CCN(CC)c1nc(-c2cccc(N)c2)cs1. The minimum atomic E-state index is 0.778. The first-order valence-electron chi connectivity index (χ1n) is 5.81. The van der Waals surface area contributed by atoms with Crippen LogP contribution in [0.1, 0.15) is 13.8 Å². The molecular weight excluding hydrogens is 230 g/mol. The molecule has 0 amide bonds. The average Bonchev–Trinajstić information content (AvgIpc) is 2.80. The monoisotopic (exact) mass is 247 g/mol. The first kappa shape index (κ1) is 11.9. The number of nitrogens with zero attached hydrogens (tertiary/aromatic N) is 2. The molecule has 2 aromatic rings. The van der Waals surface area contributed by atoms with Gasteiger partial charge in [0.1, 0.15) is 0 Å². The fourth-order valence-electron chi connectivity index (χ4n) is 1.73. The summed E-state index contributed by atoms with van der Waals surface area (Å²) in [5.41, 5.74) is 8.64. The number of aromatic nitrogens is 1. The molecule has 0 aliphatic rings. The topological polar surface area (TPSA) is 42.2 Å². The van der Waals surface area contributed by atoms with E-state index in [1.807, 2.05) is 24.3 Å². The van der Waals surface area contributed by atoms with Gasteiger partial charge in [0.25, 0.3) is 0 Å². The summed E-state index contributed by atoms with van der Waals surface area (Å²) in [5, 5.41) is 3.16. The number of rotatable bonds is 4. The van der Waals surface area contributed by atoms with Crippen LogP contribution in [0, 0.1) is 0 Å². The van der Waals surface area contributed by atoms with E-state index in [2.05, 4.69) is 29.1 Å². The number of anilines is 2. The quantitative estimate of drug-likeness (QED) is 0.843. The van der Waals surface area contributed by atoms with E-state index in [0.717, 1.165) is 35.2 Å². The van der Waals surface area contributed by atoms with E-state index < -0.39 is 0 Å². The van der Waals surface area contributed by atoms with Crippen LogP contribution < -0.4 is 10.6 Å². The molecule has 0 saturated carbocycles. The van der Waals surface area contributed by atoms with Crippen LogP contribution in [0.25, 0.3) is 11.3 Å². The highest BCUT2D eigenvalue weighted by Gasteiger charge is 2.08. The zero-order valence-corrected chi connectivity index (χ0v) is 11.0. The van der Waals surface area contributed by atoms with Gasteiger partial charge in [0, 0.05) is 29.7 Å². The summed E-state index contributed by atoms with van der Waals surface area (Å²) >= 11 is 1.68. The van der Waals surface area contributed by atoms with Gasteiger partial charge in [0.05, 0.1) is 5.69 Å². The molecule has 3 nitrogen and oxygen atoms in total. The number of nitrogens with two attached hydrogens (primary N) is 1. The minimum Gasteiger partial charge on any atom is -0.399 e. The molecular formula is C13H17N3S. The molecule has 0 atom stereocenters. The van der Waals surface area contributed by atoms with Crippen LogP contribution in [0.3, 0.4) is 0 Å². The van der Waals surface area contributed by atoms with Gasteiger partial charge in [-0.25, -0.2) is 4.98 Å². The van der Waals surface area contributed by atoms with Crippen molar-refractivity contribution in [3.8, 4) is 11.3 Å². The number of hydrogen-bond donors (Lipinski definition) is 1. The second kappa shape index (κ2) is 5.19. The predicted molar refractivity (Wildman–Crippen MR) is 75.5 cm³/mol. The normalized spacial score (nSPS) is 10.5. The maximum atomic E-state index is 5.78. The van der Waals surface area contributed by atoms with Gasteiger partial charge in [0.2, 0.25) is 0 Å². The molecule has 0 radical (unpaired) electrons. The molecule has 0 saturated heterocycles. The Morgan fingerprint density at radius 3 is 2.71 bits per heavy atom. The number of benzene rings is 1. The zero-order chi connectivity index (χ0) is 12.3. The molecule has 0 unspecified atom stereocenters. The summed E-state index contributed by atoms with van der Waals surface area (Å²) in [6.45, 7) is 6.26. The summed E-state index contributed by atoms with van der Waals surface area (Å²) in [5.74, 6) is 0. The van der Waals surface area contributed by atoms with Crippen LogP contribution in [0.2, 0.25) is 0 Å². The number of hydrogen-bond acceptors (Lipinski definition) is 4. The maximum Gasteiger partial charge on any atom is 0.185 e. The largest absolute Gasteiger partial charge is 0.399 e. The zero-order valence-electron chi connectivity index (χ0n) is 10.2. The van der Waals surface area contributed by atoms with Crippen molar-refractivity contribution in [2.75, 3.05) is 23.7 Å². The molecule has 2 N–H and O–H groups in total. The van der Waals surface area contributed by atoms with Gasteiger partial charge < -0.3 is 10.6 Å². The van der Waals surface area contributed by atoms with Crippen LogP contribution in [0.4, 0.5) is 10.8 Å². The fourth-order valence-corrected chi connectivity index (χ4v) is 2.70. The van der Waals surface area contributed by atoms with Crippen molar-refractivity contribution in [1.29, 1.82) is 0 Å². The minimum absolute atomic E-state index is 0.778. The highest BCUT2D eigenvalue weighted by atomic mass is 32.1. The van der Waals surface area contributed by atoms with Gasteiger partial charge in [0.15, 0.2) is 5.13 Å². The molecule has 0 spiro atoms. The lowest BCUT2D eigenvalue weighted by atomic mass is 10.1. The van der Waals surface area contributed by atoms with Crippen molar-refractivity contribution in [3.05, 3.63) is 29.6 Å². The first-order chi connectivity index (χ1) is 8.24. The van der Waals surface area contributed by atoms with Crippen molar-refractivity contribution in [2.45, 2.75) is 13.8 Å². The third-order valence-corrected chi connectivity index (χ3v) is 3.61. The van der Waals surface area contributed by atoms with Gasteiger partial charge in [-0.2, -0.15) is 0 Å². The lowest BCUT2D eigenvalue weighted by Crippen LogP contribution is -2.21. The lowest BCUT2D eigenvalue weighted by molar-refractivity contribution is 0.860. The second-order valence-electron chi connectivity index (χ2n) is 3.81. The van der Waals surface area contributed by atoms with Crippen LogP contribution in [-0.2, 0) is 0 Å². The van der Waals surface area contributed by atoms with Crippen molar-refractivity contribution in [1.82, 2.24) is 4.98 Å². The number of nitrogen functional groups attached to an aromatic ring is 1. The van der Waals surface area contributed by atoms with Crippen molar-refractivity contribution in [2.24, 2.45) is 0 Å². The average molecular weight is 247 g/mol. The lowest BCUT2D eigenvalue weighted by Gasteiger charge is -2.16. The third kappa shape index (κ3) is 2.58. The molecule has 0 aliphatic carbocycles. The van der Waals surface area contributed by atoms with E-state index >= 15 is 0 Å². The van der Waals surface area contributed by atoms with E-state index in [1.54, 1.807) is 11.3 Å². The molecule has 1 heterocycles. The highest BCUT2D eigenvalue weighted by Crippen LogP contribution is 2.28. The smallest absolute Gasteiger partial charge is 0.185 e. The molecule has 1 aromatic carbocycles. The fraction of sp³-hybridized carbons (Fsp3) is 0.308. The molecule has 0 bridgehead atoms. The Hall–Kier alpha value is -1.55. The predicted octanol–water partition coefficient (Wildman–Crippen LogP) is 3.24. The van der Waals surface area contributed by atoms with Crippen LogP contribution in [0.15, 0.2) is 29.6 Å². The van der Waals surface area contributed by atoms with E-state index in [9.17, 15) is 0 Å². The van der Waals surface area contributed by atoms with Crippen LogP contribution >= 0.6 is 11.3 Å². The Morgan fingerprint density at radius 1 is 1.29 bits per heavy atom. The van der Waals surface area contributed by atoms with E-state index in [1.165, 1.54) is 0 Å². The standard InChI is InChI=1S/C13H17N3S/c1-3-16(4-2)13-15-12(9-17-13)10-6-5-7-11(14)8-10/h5-9H,3-4,14H2,1-2H3. The third-order valence-electron chi connectivity index (χ3n) is 2.71. The Kier molecular flexibility index (Phi) is 3.64. The van der Waals surface area contributed by atoms with Crippen molar-refractivity contribution >= 4 is 22.2 Å². The molecule has 4 heteroatoms. The Balaban J connectivity index is 2.29. The summed E-state index contributed by atoms with van der Waals surface area (Å²) in [7, 11) is 0. The summed E-state index contributed by atoms with van der Waals surface area (Å²) in [6, 6.07) is 7.85. The van der Waals surface area contributed by atoms with Gasteiger partial charge in [-0.15, -0.1) is 11.3 Å². The van der Waals surface area contributed by atoms with Gasteiger partial charge in [-0.1, -0.05) is 12.1 Å². The maximum absolute atomic E-state index is 5.78. The molecule has 90 valence electrons. The summed E-state index contributed by atoms with van der Waals surface area (Å²) < 4.78 is 0. The Labute approximate surface area is 106 Å². The van der Waals surface area contributed by atoms with Gasteiger partial charge in [-0.3, -0.25) is 0 Å². The summed E-state index contributed by atoms with van der Waals surface area (Å²) in [4.78, 5) is 6.90. The van der Waals surface area contributed by atoms with Crippen molar-refractivity contribution < 1.29 is 0 Å². The molecule has 1 aromatic heterocycles. The molecule has 2 rings (SSSR count). The van der Waals surface area contributed by atoms with Crippen molar-refractivity contribution in [3.63, 3.8) is 0 Å². The molecule has 0 fully saturated rings.